The minimum atomic E-state index is -4.09. The molecular formula is C18H15ClFN3O4S. The molecule has 0 unspecified atom stereocenters. The van der Waals surface area contributed by atoms with Crippen LogP contribution in [0, 0.1) is 12.7 Å². The second-order valence-corrected chi connectivity index (χ2v) is 7.93. The number of amides is 1. The maximum absolute atomic E-state index is 13.0. The van der Waals surface area contributed by atoms with Crippen LogP contribution in [0.2, 0.25) is 5.02 Å². The van der Waals surface area contributed by atoms with Crippen molar-refractivity contribution in [1.29, 1.82) is 0 Å². The van der Waals surface area contributed by atoms with E-state index < -0.39 is 21.7 Å². The van der Waals surface area contributed by atoms with E-state index in [1.54, 1.807) is 13.0 Å². The van der Waals surface area contributed by atoms with Gasteiger partial charge in [0.15, 0.2) is 5.76 Å². The van der Waals surface area contributed by atoms with Crippen LogP contribution < -0.4 is 10.0 Å². The van der Waals surface area contributed by atoms with E-state index in [0.29, 0.717) is 11.5 Å². The molecule has 0 aliphatic heterocycles. The van der Waals surface area contributed by atoms with Gasteiger partial charge < -0.3 is 9.84 Å². The molecule has 0 aliphatic rings. The first-order valence-electron chi connectivity index (χ1n) is 8.03. The first-order chi connectivity index (χ1) is 13.2. The number of aromatic nitrogens is 1. The van der Waals surface area contributed by atoms with Crippen molar-refractivity contribution in [3.63, 3.8) is 0 Å². The number of carbonyl (C=O) groups is 1. The molecule has 0 radical (unpaired) electrons. The Morgan fingerprint density at radius 2 is 1.89 bits per heavy atom. The molecule has 0 aliphatic carbocycles. The van der Waals surface area contributed by atoms with Crippen LogP contribution in [0.3, 0.4) is 0 Å². The summed E-state index contributed by atoms with van der Waals surface area (Å²) in [6.45, 7) is 1.84. The van der Waals surface area contributed by atoms with Gasteiger partial charge in [0.25, 0.3) is 15.9 Å². The summed E-state index contributed by atoms with van der Waals surface area (Å²) in [4.78, 5) is 12.1. The number of nitrogens with one attached hydrogen (secondary N) is 2. The second kappa shape index (κ2) is 7.99. The van der Waals surface area contributed by atoms with E-state index in [-0.39, 0.29) is 27.7 Å². The number of halogens is 2. The van der Waals surface area contributed by atoms with Gasteiger partial charge in [-0.1, -0.05) is 16.8 Å². The third-order valence-electron chi connectivity index (χ3n) is 3.68. The molecule has 0 saturated carbocycles. The molecule has 10 heteroatoms. The zero-order valence-corrected chi connectivity index (χ0v) is 16.1. The van der Waals surface area contributed by atoms with Gasteiger partial charge in [-0.15, -0.1) is 0 Å². The Balaban J connectivity index is 1.79. The third kappa shape index (κ3) is 4.68. The molecule has 3 aromatic rings. The Bertz CT molecular complexity index is 1110. The molecule has 146 valence electrons. The van der Waals surface area contributed by atoms with Crippen LogP contribution >= 0.6 is 11.6 Å². The lowest BCUT2D eigenvalue weighted by Crippen LogP contribution is -2.23. The summed E-state index contributed by atoms with van der Waals surface area (Å²) in [6.07, 6.45) is 0. The van der Waals surface area contributed by atoms with Crippen LogP contribution in [0.15, 0.2) is 57.9 Å². The Labute approximate surface area is 165 Å². The number of nitrogens with zero attached hydrogens (tertiary/aromatic N) is 1. The third-order valence-corrected chi connectivity index (χ3v) is 5.54. The highest BCUT2D eigenvalue weighted by Crippen LogP contribution is 2.25. The molecule has 0 fully saturated rings. The Morgan fingerprint density at radius 1 is 1.18 bits per heavy atom. The SMILES string of the molecule is Cc1cc(CNC(=O)c2ccc(Cl)c(S(=O)(=O)Nc3ccc(F)cc3)c2)on1. The highest BCUT2D eigenvalue weighted by Gasteiger charge is 2.20. The number of sulfonamides is 1. The van der Waals surface area contributed by atoms with Gasteiger partial charge >= 0.3 is 0 Å². The van der Waals surface area contributed by atoms with Gasteiger partial charge in [-0.05, 0) is 49.4 Å². The molecule has 0 saturated heterocycles. The first kappa shape index (κ1) is 19.8. The fraction of sp³-hybridized carbons (Fsp3) is 0.111. The van der Waals surface area contributed by atoms with Crippen molar-refractivity contribution in [3.05, 3.63) is 76.4 Å². The van der Waals surface area contributed by atoms with E-state index in [1.807, 2.05) is 0 Å². The van der Waals surface area contributed by atoms with Gasteiger partial charge in [0.1, 0.15) is 10.7 Å². The molecule has 1 aromatic heterocycles. The van der Waals surface area contributed by atoms with E-state index >= 15 is 0 Å². The van der Waals surface area contributed by atoms with Crippen molar-refractivity contribution in [3.8, 4) is 0 Å². The molecule has 1 heterocycles. The Kier molecular flexibility index (Phi) is 5.66. The summed E-state index contributed by atoms with van der Waals surface area (Å²) < 4.78 is 45.5. The minimum absolute atomic E-state index is 0.0583. The standard InChI is InChI=1S/C18H15ClFN3O4S/c1-11-8-15(27-22-11)10-21-18(24)12-2-7-16(19)17(9-12)28(25,26)23-14-5-3-13(20)4-6-14/h2-9,23H,10H2,1H3,(H,21,24). The van der Waals surface area contributed by atoms with Crippen molar-refractivity contribution < 1.29 is 22.1 Å². The molecule has 7 nitrogen and oxygen atoms in total. The molecule has 1 amide bonds. The van der Waals surface area contributed by atoms with Crippen LogP contribution in [-0.2, 0) is 16.6 Å². The fourth-order valence-electron chi connectivity index (χ4n) is 2.35. The van der Waals surface area contributed by atoms with Crippen molar-refractivity contribution in [1.82, 2.24) is 10.5 Å². The lowest BCUT2D eigenvalue weighted by molar-refractivity contribution is 0.0947. The van der Waals surface area contributed by atoms with Crippen LogP contribution in [0.25, 0.3) is 0 Å². The smallest absolute Gasteiger partial charge is 0.263 e. The first-order valence-corrected chi connectivity index (χ1v) is 9.89. The van der Waals surface area contributed by atoms with Crippen LogP contribution in [0.5, 0.6) is 0 Å². The molecular weight excluding hydrogens is 409 g/mol. The lowest BCUT2D eigenvalue weighted by atomic mass is 10.2. The van der Waals surface area contributed by atoms with Crippen LogP contribution in [-0.4, -0.2) is 19.5 Å². The monoisotopic (exact) mass is 423 g/mol. The van der Waals surface area contributed by atoms with E-state index in [2.05, 4.69) is 15.2 Å². The summed E-state index contributed by atoms with van der Waals surface area (Å²) in [5, 5.41) is 6.27. The van der Waals surface area contributed by atoms with Gasteiger partial charge in [0.2, 0.25) is 0 Å². The molecule has 0 bridgehead atoms. The number of hydrogen-bond donors (Lipinski definition) is 2. The van der Waals surface area contributed by atoms with Gasteiger partial charge in [-0.25, -0.2) is 12.8 Å². The maximum atomic E-state index is 13.0. The zero-order valence-electron chi connectivity index (χ0n) is 14.6. The normalized spacial score (nSPS) is 11.2. The maximum Gasteiger partial charge on any atom is 0.263 e. The van der Waals surface area contributed by atoms with Crippen LogP contribution in [0.4, 0.5) is 10.1 Å². The predicted molar refractivity (Wildman–Crippen MR) is 101 cm³/mol. The van der Waals surface area contributed by atoms with Gasteiger partial charge in [0, 0.05) is 17.3 Å². The summed E-state index contributed by atoms with van der Waals surface area (Å²) in [5.74, 6) is -0.545. The molecule has 28 heavy (non-hydrogen) atoms. The Morgan fingerprint density at radius 3 is 2.54 bits per heavy atom. The topological polar surface area (TPSA) is 101 Å². The summed E-state index contributed by atoms with van der Waals surface area (Å²) in [6, 6.07) is 10.3. The lowest BCUT2D eigenvalue weighted by Gasteiger charge is -2.11. The number of rotatable bonds is 6. The number of benzene rings is 2. The highest BCUT2D eigenvalue weighted by atomic mass is 35.5. The van der Waals surface area contributed by atoms with Crippen molar-refractivity contribution >= 4 is 33.2 Å². The molecule has 2 N–H and O–H groups in total. The van der Waals surface area contributed by atoms with E-state index in [4.69, 9.17) is 16.1 Å². The minimum Gasteiger partial charge on any atom is -0.359 e. The molecule has 2 aromatic carbocycles. The molecule has 0 spiro atoms. The zero-order chi connectivity index (χ0) is 20.3. The number of carbonyl (C=O) groups excluding carboxylic acids is 1. The largest absolute Gasteiger partial charge is 0.359 e. The predicted octanol–water partition coefficient (Wildman–Crippen LogP) is 3.51. The fourth-order valence-corrected chi connectivity index (χ4v) is 3.93. The number of anilines is 1. The average Bonchev–Trinajstić information content (AvgIpc) is 3.07. The number of hydrogen-bond acceptors (Lipinski definition) is 5. The van der Waals surface area contributed by atoms with Gasteiger partial charge in [-0.3, -0.25) is 9.52 Å². The van der Waals surface area contributed by atoms with Crippen molar-refractivity contribution in [2.45, 2.75) is 18.4 Å². The van der Waals surface area contributed by atoms with Crippen molar-refractivity contribution in [2.24, 2.45) is 0 Å². The van der Waals surface area contributed by atoms with Crippen molar-refractivity contribution in [2.75, 3.05) is 4.72 Å². The average molecular weight is 424 g/mol. The Hall–Kier alpha value is -2.91. The second-order valence-electron chi connectivity index (χ2n) is 5.87. The number of aryl methyl sites for hydroxylation is 1. The van der Waals surface area contributed by atoms with Gasteiger partial charge in [-0.2, -0.15) is 0 Å². The molecule has 0 atom stereocenters. The summed E-state index contributed by atoms with van der Waals surface area (Å²) in [7, 11) is -4.09. The summed E-state index contributed by atoms with van der Waals surface area (Å²) >= 11 is 6.02. The summed E-state index contributed by atoms with van der Waals surface area (Å²) in [5.41, 5.74) is 0.934. The highest BCUT2D eigenvalue weighted by molar-refractivity contribution is 7.92. The molecule has 3 rings (SSSR count). The van der Waals surface area contributed by atoms with E-state index in [1.165, 1.54) is 24.3 Å². The van der Waals surface area contributed by atoms with E-state index in [0.717, 1.165) is 18.2 Å². The van der Waals surface area contributed by atoms with Crippen LogP contribution in [0.1, 0.15) is 21.8 Å². The quantitative estimate of drug-likeness (QED) is 0.631. The van der Waals surface area contributed by atoms with Gasteiger partial charge in [0.05, 0.1) is 17.3 Å². The van der Waals surface area contributed by atoms with E-state index in [9.17, 15) is 17.6 Å².